The van der Waals surface area contributed by atoms with Crippen LogP contribution in [0.2, 0.25) is 0 Å². The van der Waals surface area contributed by atoms with Gasteiger partial charge in [-0.05, 0) is 23.8 Å². The molecular formula is C15H12ClN3O. The van der Waals surface area contributed by atoms with Gasteiger partial charge in [0.25, 0.3) is 5.91 Å². The molecule has 1 heterocycles. The Morgan fingerprint density at radius 1 is 1.20 bits per heavy atom. The summed E-state index contributed by atoms with van der Waals surface area (Å²) in [6.07, 6.45) is 6.19. The van der Waals surface area contributed by atoms with E-state index in [2.05, 4.69) is 15.5 Å². The van der Waals surface area contributed by atoms with Crippen molar-refractivity contribution in [1.29, 1.82) is 0 Å². The molecule has 5 heteroatoms. The van der Waals surface area contributed by atoms with Gasteiger partial charge in [0.05, 0.1) is 16.8 Å². The van der Waals surface area contributed by atoms with E-state index in [1.165, 1.54) is 12.4 Å². The first-order valence-corrected chi connectivity index (χ1v) is 6.29. The monoisotopic (exact) mass is 285 g/mol. The number of pyridine rings is 1. The number of rotatable bonds is 4. The van der Waals surface area contributed by atoms with Crippen LogP contribution in [0.3, 0.4) is 0 Å². The maximum Gasteiger partial charge on any atom is 0.272 e. The van der Waals surface area contributed by atoms with Crippen LogP contribution in [-0.2, 0) is 0 Å². The molecule has 4 nitrogen and oxygen atoms in total. The summed E-state index contributed by atoms with van der Waals surface area (Å²) in [6.45, 7) is 0. The molecule has 1 N–H and O–H groups in total. The summed E-state index contributed by atoms with van der Waals surface area (Å²) in [5.41, 5.74) is 3.78. The van der Waals surface area contributed by atoms with Gasteiger partial charge in [-0.25, -0.2) is 5.43 Å². The zero-order chi connectivity index (χ0) is 14.2. The average Bonchev–Trinajstić information content (AvgIpc) is 2.49. The average molecular weight is 286 g/mol. The van der Waals surface area contributed by atoms with E-state index < -0.39 is 0 Å². The standard InChI is InChI=1S/C15H12ClN3O/c16-14(9-12-5-2-1-3-6-12)11-18-19-15(20)13-7-4-8-17-10-13/h1-11H,(H,19,20)/b14-9-,18-11-. The Labute approximate surface area is 121 Å². The van der Waals surface area contributed by atoms with E-state index in [9.17, 15) is 4.79 Å². The molecule has 0 bridgehead atoms. The van der Waals surface area contributed by atoms with E-state index in [0.717, 1.165) is 5.56 Å². The molecule has 1 aromatic heterocycles. The number of halogens is 1. The molecule has 0 saturated carbocycles. The molecule has 2 rings (SSSR count). The van der Waals surface area contributed by atoms with Crippen molar-refractivity contribution in [2.24, 2.45) is 5.10 Å². The fraction of sp³-hybridized carbons (Fsp3) is 0. The van der Waals surface area contributed by atoms with Crippen LogP contribution in [0.15, 0.2) is 65.0 Å². The number of nitrogens with zero attached hydrogens (tertiary/aromatic N) is 2. The summed E-state index contributed by atoms with van der Waals surface area (Å²) in [6, 6.07) is 12.9. The largest absolute Gasteiger partial charge is 0.272 e. The van der Waals surface area contributed by atoms with Crippen molar-refractivity contribution in [3.8, 4) is 0 Å². The second-order valence-electron chi connectivity index (χ2n) is 3.88. The van der Waals surface area contributed by atoms with E-state index in [1.807, 2.05) is 30.3 Å². The molecule has 0 aliphatic rings. The van der Waals surface area contributed by atoms with Crippen molar-refractivity contribution >= 4 is 29.8 Å². The van der Waals surface area contributed by atoms with Crippen LogP contribution in [0.25, 0.3) is 6.08 Å². The van der Waals surface area contributed by atoms with E-state index >= 15 is 0 Å². The van der Waals surface area contributed by atoms with Gasteiger partial charge >= 0.3 is 0 Å². The molecule has 1 amide bonds. The van der Waals surface area contributed by atoms with Gasteiger partial charge in [-0.1, -0.05) is 41.9 Å². The minimum Gasteiger partial charge on any atom is -0.267 e. The number of hydrogen-bond donors (Lipinski definition) is 1. The Hall–Kier alpha value is -2.46. The Morgan fingerprint density at radius 3 is 2.70 bits per heavy atom. The molecular weight excluding hydrogens is 274 g/mol. The Bertz CT molecular complexity index is 624. The molecule has 20 heavy (non-hydrogen) atoms. The molecule has 0 unspecified atom stereocenters. The molecule has 0 fully saturated rings. The van der Waals surface area contributed by atoms with Crippen LogP contribution in [-0.4, -0.2) is 17.1 Å². The highest BCUT2D eigenvalue weighted by Crippen LogP contribution is 2.07. The van der Waals surface area contributed by atoms with Gasteiger partial charge in [-0.15, -0.1) is 0 Å². The van der Waals surface area contributed by atoms with Crippen LogP contribution < -0.4 is 5.43 Å². The molecule has 0 radical (unpaired) electrons. The summed E-state index contributed by atoms with van der Waals surface area (Å²) >= 11 is 5.99. The molecule has 0 saturated heterocycles. The Kier molecular flexibility index (Phi) is 5.03. The lowest BCUT2D eigenvalue weighted by Crippen LogP contribution is -2.17. The molecule has 2 aromatic rings. The van der Waals surface area contributed by atoms with Crippen molar-refractivity contribution in [3.63, 3.8) is 0 Å². The van der Waals surface area contributed by atoms with Gasteiger partial charge in [0, 0.05) is 12.4 Å². The second-order valence-corrected chi connectivity index (χ2v) is 4.32. The fourth-order valence-electron chi connectivity index (χ4n) is 1.46. The van der Waals surface area contributed by atoms with Gasteiger partial charge in [-0.3, -0.25) is 9.78 Å². The maximum atomic E-state index is 11.7. The van der Waals surface area contributed by atoms with Crippen molar-refractivity contribution in [3.05, 3.63) is 71.0 Å². The second kappa shape index (κ2) is 7.21. The van der Waals surface area contributed by atoms with Crippen molar-refractivity contribution in [2.75, 3.05) is 0 Å². The SMILES string of the molecule is O=C(N/N=C\C(Cl)=C\c1ccccc1)c1cccnc1. The minimum absolute atomic E-state index is 0.335. The summed E-state index contributed by atoms with van der Waals surface area (Å²) in [5, 5.41) is 4.21. The van der Waals surface area contributed by atoms with Crippen molar-refractivity contribution < 1.29 is 4.79 Å². The van der Waals surface area contributed by atoms with Gasteiger partial charge < -0.3 is 0 Å². The third-order valence-electron chi connectivity index (χ3n) is 2.38. The molecule has 100 valence electrons. The highest BCUT2D eigenvalue weighted by molar-refractivity contribution is 6.41. The Balaban J connectivity index is 1.94. The maximum absolute atomic E-state index is 11.7. The summed E-state index contributed by atoms with van der Waals surface area (Å²) in [5.74, 6) is -0.335. The van der Waals surface area contributed by atoms with Gasteiger partial charge in [0.1, 0.15) is 0 Å². The zero-order valence-electron chi connectivity index (χ0n) is 10.5. The number of aromatic nitrogens is 1. The van der Waals surface area contributed by atoms with Gasteiger partial charge in [0.15, 0.2) is 0 Å². The lowest BCUT2D eigenvalue weighted by Gasteiger charge is -1.98. The van der Waals surface area contributed by atoms with E-state index in [4.69, 9.17) is 11.6 Å². The molecule has 0 atom stereocenters. The number of carbonyl (C=O) groups excluding carboxylic acids is 1. The summed E-state index contributed by atoms with van der Waals surface area (Å²) < 4.78 is 0. The van der Waals surface area contributed by atoms with Crippen molar-refractivity contribution in [2.45, 2.75) is 0 Å². The highest BCUT2D eigenvalue weighted by atomic mass is 35.5. The summed E-state index contributed by atoms with van der Waals surface area (Å²) in [7, 11) is 0. The smallest absolute Gasteiger partial charge is 0.267 e. The Morgan fingerprint density at radius 2 is 2.00 bits per heavy atom. The first-order chi connectivity index (χ1) is 9.75. The lowest BCUT2D eigenvalue weighted by atomic mass is 10.2. The number of benzene rings is 1. The fourth-order valence-corrected chi connectivity index (χ4v) is 1.63. The number of hydrazone groups is 1. The van der Waals surface area contributed by atoms with E-state index in [0.29, 0.717) is 10.6 Å². The quantitative estimate of drug-likeness (QED) is 0.693. The predicted molar refractivity (Wildman–Crippen MR) is 80.5 cm³/mol. The number of hydrogen-bond acceptors (Lipinski definition) is 3. The van der Waals surface area contributed by atoms with Crippen LogP contribution in [0, 0.1) is 0 Å². The first-order valence-electron chi connectivity index (χ1n) is 5.91. The third kappa shape index (κ3) is 4.33. The van der Waals surface area contributed by atoms with Gasteiger partial charge in [0.2, 0.25) is 0 Å². The van der Waals surface area contributed by atoms with E-state index in [1.54, 1.807) is 24.4 Å². The number of carbonyl (C=O) groups is 1. The molecule has 0 aliphatic heterocycles. The van der Waals surface area contributed by atoms with Crippen LogP contribution >= 0.6 is 11.6 Å². The van der Waals surface area contributed by atoms with Crippen LogP contribution in [0.1, 0.15) is 15.9 Å². The van der Waals surface area contributed by atoms with Crippen molar-refractivity contribution in [1.82, 2.24) is 10.4 Å². The molecule has 1 aromatic carbocycles. The third-order valence-corrected chi connectivity index (χ3v) is 2.59. The highest BCUT2D eigenvalue weighted by Gasteiger charge is 2.02. The zero-order valence-corrected chi connectivity index (χ0v) is 11.3. The first kappa shape index (κ1) is 14.0. The minimum atomic E-state index is -0.335. The normalized spacial score (nSPS) is 11.6. The lowest BCUT2D eigenvalue weighted by molar-refractivity contribution is 0.0955. The predicted octanol–water partition coefficient (Wildman–Crippen LogP) is 3.08. The summed E-state index contributed by atoms with van der Waals surface area (Å²) in [4.78, 5) is 15.5. The molecule has 0 spiro atoms. The van der Waals surface area contributed by atoms with Gasteiger partial charge in [-0.2, -0.15) is 5.10 Å². The number of nitrogens with one attached hydrogen (secondary N) is 1. The molecule has 0 aliphatic carbocycles. The topological polar surface area (TPSA) is 54.4 Å². The number of amides is 1. The number of allylic oxidation sites excluding steroid dienone is 1. The van der Waals surface area contributed by atoms with Crippen LogP contribution in [0.4, 0.5) is 0 Å². The van der Waals surface area contributed by atoms with Crippen LogP contribution in [0.5, 0.6) is 0 Å². The van der Waals surface area contributed by atoms with E-state index in [-0.39, 0.29) is 5.91 Å².